The van der Waals surface area contributed by atoms with E-state index in [1.807, 2.05) is 18.2 Å². The molecule has 1 aliphatic heterocycles. The van der Waals surface area contributed by atoms with E-state index in [0.29, 0.717) is 0 Å². The Kier molecular flexibility index (Phi) is 5.26. The highest BCUT2D eigenvalue weighted by atomic mass is 32.2. The van der Waals surface area contributed by atoms with Gasteiger partial charge in [-0.1, -0.05) is 17.8 Å². The molecule has 3 aromatic heterocycles. The molecule has 0 saturated carbocycles. The van der Waals surface area contributed by atoms with Gasteiger partial charge in [-0.15, -0.1) is 32.9 Å². The summed E-state index contributed by atoms with van der Waals surface area (Å²) in [6, 6.07) is 10.2. The average molecular weight is 443 g/mol. The number of fused-ring (bicyclic) bond motifs is 1. The lowest BCUT2D eigenvalue weighted by molar-refractivity contribution is 0.174. The van der Waals surface area contributed by atoms with Gasteiger partial charge >= 0.3 is 0 Å². The number of thiazole rings is 1. The number of ether oxygens (including phenoxy) is 2. The van der Waals surface area contributed by atoms with Crippen LogP contribution in [-0.4, -0.2) is 26.5 Å². The summed E-state index contributed by atoms with van der Waals surface area (Å²) >= 11 is 5.07. The largest absolute Gasteiger partial charge is 0.454 e. The van der Waals surface area contributed by atoms with Crippen LogP contribution in [0, 0.1) is 0 Å². The van der Waals surface area contributed by atoms with Crippen LogP contribution in [0.3, 0.4) is 0 Å². The summed E-state index contributed by atoms with van der Waals surface area (Å²) in [4.78, 5) is 6.09. The molecule has 4 heterocycles. The molecule has 0 fully saturated rings. The molecule has 0 bridgehead atoms. The lowest BCUT2D eigenvalue weighted by Crippen LogP contribution is -2.03. The average Bonchev–Trinajstić information content (AvgIpc) is 3.52. The van der Waals surface area contributed by atoms with Crippen molar-refractivity contribution in [3.8, 4) is 22.1 Å². The van der Waals surface area contributed by atoms with E-state index in [9.17, 15) is 0 Å². The van der Waals surface area contributed by atoms with Crippen LogP contribution in [0.1, 0.15) is 23.3 Å². The van der Waals surface area contributed by atoms with E-state index in [-0.39, 0.29) is 6.79 Å². The van der Waals surface area contributed by atoms with Crippen LogP contribution in [0.2, 0.25) is 0 Å². The Balaban J connectivity index is 1.28. The number of aromatic nitrogens is 4. The molecule has 0 amide bonds. The van der Waals surface area contributed by atoms with Gasteiger partial charge in [-0.05, 0) is 36.6 Å². The molecule has 0 unspecified atom stereocenters. The molecular formula is C20H18N4O2S3. The third-order valence-electron chi connectivity index (χ3n) is 4.54. The van der Waals surface area contributed by atoms with E-state index < -0.39 is 0 Å². The number of nitrogens with zero attached hydrogens (tertiary/aromatic N) is 4. The second-order valence-electron chi connectivity index (χ2n) is 6.40. The van der Waals surface area contributed by atoms with E-state index in [4.69, 9.17) is 14.5 Å². The SMILES string of the molecule is CCn1c(Cc2cccs2)nnc1SCc1csc(-c2ccc3c(c2)OCO3)n1. The maximum atomic E-state index is 5.47. The summed E-state index contributed by atoms with van der Waals surface area (Å²) in [5, 5.41) is 14.9. The standard InChI is InChI=1S/C20H18N4O2S3/c1-2-24-18(9-15-4-3-7-27-15)22-23-20(24)29-11-14-10-28-19(21-14)13-5-6-16-17(8-13)26-12-25-16/h3-8,10H,2,9,11-12H2,1H3. The first kappa shape index (κ1) is 18.7. The van der Waals surface area contributed by atoms with Crippen molar-refractivity contribution < 1.29 is 9.47 Å². The highest BCUT2D eigenvalue weighted by molar-refractivity contribution is 7.98. The first-order valence-corrected chi connectivity index (χ1v) is 12.0. The van der Waals surface area contributed by atoms with Crippen molar-refractivity contribution in [3.05, 3.63) is 57.5 Å². The van der Waals surface area contributed by atoms with E-state index in [2.05, 4.69) is 44.6 Å². The Morgan fingerprint density at radius 1 is 1.14 bits per heavy atom. The van der Waals surface area contributed by atoms with Gasteiger partial charge in [-0.3, -0.25) is 0 Å². The van der Waals surface area contributed by atoms with Crippen molar-refractivity contribution >= 4 is 34.4 Å². The number of thiophene rings is 1. The van der Waals surface area contributed by atoms with Crippen LogP contribution in [0.4, 0.5) is 0 Å². The summed E-state index contributed by atoms with van der Waals surface area (Å²) in [7, 11) is 0. The van der Waals surface area contributed by atoms with Crippen LogP contribution in [0.5, 0.6) is 11.5 Å². The fourth-order valence-corrected chi connectivity index (χ4v) is 5.65. The highest BCUT2D eigenvalue weighted by Gasteiger charge is 2.16. The summed E-state index contributed by atoms with van der Waals surface area (Å²) in [6.07, 6.45) is 0.823. The fraction of sp³-hybridized carbons (Fsp3) is 0.250. The van der Waals surface area contributed by atoms with E-state index >= 15 is 0 Å². The van der Waals surface area contributed by atoms with Gasteiger partial charge in [0.2, 0.25) is 6.79 Å². The molecule has 0 radical (unpaired) electrons. The predicted octanol–water partition coefficient (Wildman–Crippen LogP) is 5.09. The zero-order chi connectivity index (χ0) is 19.6. The van der Waals surface area contributed by atoms with Gasteiger partial charge in [0, 0.05) is 34.5 Å². The minimum atomic E-state index is 0.283. The van der Waals surface area contributed by atoms with Crippen molar-refractivity contribution in [2.24, 2.45) is 0 Å². The minimum Gasteiger partial charge on any atom is -0.454 e. The summed E-state index contributed by atoms with van der Waals surface area (Å²) in [5.74, 6) is 3.34. The molecule has 148 valence electrons. The molecule has 0 saturated heterocycles. The third kappa shape index (κ3) is 3.90. The topological polar surface area (TPSA) is 62.1 Å². The lowest BCUT2D eigenvalue weighted by atomic mass is 10.2. The lowest BCUT2D eigenvalue weighted by Gasteiger charge is -2.06. The van der Waals surface area contributed by atoms with Gasteiger partial charge < -0.3 is 14.0 Å². The predicted molar refractivity (Wildman–Crippen MR) is 116 cm³/mol. The number of hydrogen-bond donors (Lipinski definition) is 0. The minimum absolute atomic E-state index is 0.283. The molecule has 0 N–H and O–H groups in total. The smallest absolute Gasteiger partial charge is 0.231 e. The summed E-state index contributed by atoms with van der Waals surface area (Å²) in [5.41, 5.74) is 2.09. The summed E-state index contributed by atoms with van der Waals surface area (Å²) < 4.78 is 13.0. The number of thioether (sulfide) groups is 1. The molecule has 9 heteroatoms. The molecule has 6 nitrogen and oxygen atoms in total. The normalized spacial score (nSPS) is 12.6. The van der Waals surface area contributed by atoms with Crippen molar-refractivity contribution in [1.29, 1.82) is 0 Å². The Bertz CT molecular complexity index is 1120. The van der Waals surface area contributed by atoms with Gasteiger partial charge in [-0.2, -0.15) is 0 Å². The van der Waals surface area contributed by atoms with Crippen molar-refractivity contribution in [2.75, 3.05) is 6.79 Å². The molecule has 5 rings (SSSR count). The van der Waals surface area contributed by atoms with E-state index in [0.717, 1.165) is 57.5 Å². The second-order valence-corrected chi connectivity index (χ2v) is 9.23. The molecule has 0 aliphatic carbocycles. The molecule has 0 spiro atoms. The second kappa shape index (κ2) is 8.17. The first-order valence-electron chi connectivity index (χ1n) is 9.22. The molecule has 29 heavy (non-hydrogen) atoms. The Morgan fingerprint density at radius 3 is 2.93 bits per heavy atom. The third-order valence-corrected chi connectivity index (χ3v) is 7.36. The van der Waals surface area contributed by atoms with Crippen LogP contribution in [-0.2, 0) is 18.7 Å². The first-order chi connectivity index (χ1) is 14.3. The van der Waals surface area contributed by atoms with Crippen LogP contribution >= 0.6 is 34.4 Å². The van der Waals surface area contributed by atoms with Gasteiger partial charge in [0.05, 0.1) is 5.69 Å². The molecular weight excluding hydrogens is 424 g/mol. The molecule has 4 aromatic rings. The summed E-state index contributed by atoms with van der Waals surface area (Å²) in [6.45, 7) is 3.27. The van der Waals surface area contributed by atoms with Crippen LogP contribution in [0.15, 0.2) is 46.2 Å². The highest BCUT2D eigenvalue weighted by Crippen LogP contribution is 2.37. The monoisotopic (exact) mass is 442 g/mol. The molecule has 1 aromatic carbocycles. The maximum Gasteiger partial charge on any atom is 0.231 e. The molecule has 1 aliphatic rings. The van der Waals surface area contributed by atoms with E-state index in [1.54, 1.807) is 34.4 Å². The van der Waals surface area contributed by atoms with Gasteiger partial charge in [0.1, 0.15) is 10.8 Å². The van der Waals surface area contributed by atoms with Gasteiger partial charge in [0.25, 0.3) is 0 Å². The quantitative estimate of drug-likeness (QED) is 0.371. The van der Waals surface area contributed by atoms with Crippen LogP contribution < -0.4 is 9.47 Å². The Hall–Kier alpha value is -2.36. The number of hydrogen-bond acceptors (Lipinski definition) is 8. The van der Waals surface area contributed by atoms with Gasteiger partial charge in [0.15, 0.2) is 16.7 Å². The number of benzene rings is 1. The Labute approximate surface area is 180 Å². The number of rotatable bonds is 7. The molecule has 0 atom stereocenters. The van der Waals surface area contributed by atoms with Crippen molar-refractivity contribution in [2.45, 2.75) is 30.8 Å². The van der Waals surface area contributed by atoms with Crippen molar-refractivity contribution in [1.82, 2.24) is 19.7 Å². The Morgan fingerprint density at radius 2 is 2.07 bits per heavy atom. The zero-order valence-electron chi connectivity index (χ0n) is 15.7. The van der Waals surface area contributed by atoms with Crippen molar-refractivity contribution in [3.63, 3.8) is 0 Å². The van der Waals surface area contributed by atoms with Crippen LogP contribution in [0.25, 0.3) is 10.6 Å². The van der Waals surface area contributed by atoms with E-state index in [1.165, 1.54) is 4.88 Å². The zero-order valence-corrected chi connectivity index (χ0v) is 18.1. The van der Waals surface area contributed by atoms with Gasteiger partial charge in [-0.25, -0.2) is 4.98 Å². The maximum absolute atomic E-state index is 5.47. The fourth-order valence-electron chi connectivity index (χ4n) is 3.12.